The minimum absolute atomic E-state index is 0.0433. The molecule has 0 spiro atoms. The first-order valence-corrected chi connectivity index (χ1v) is 14.0. The average Bonchev–Trinajstić information content (AvgIpc) is 3.45. The molecule has 1 aliphatic carbocycles. The number of nitrogens with one attached hydrogen (secondary N) is 2. The van der Waals surface area contributed by atoms with Crippen molar-refractivity contribution >= 4 is 40.4 Å². The van der Waals surface area contributed by atoms with E-state index in [9.17, 15) is 14.4 Å². The van der Waals surface area contributed by atoms with Crippen LogP contribution in [0.4, 0.5) is 11.4 Å². The van der Waals surface area contributed by atoms with E-state index in [0.29, 0.717) is 28.4 Å². The number of hydrogen-bond donors (Lipinski definition) is 2. The van der Waals surface area contributed by atoms with Crippen LogP contribution >= 0.6 is 11.3 Å². The number of anilines is 2. The lowest BCUT2D eigenvalue weighted by Crippen LogP contribution is -2.47. The van der Waals surface area contributed by atoms with E-state index in [2.05, 4.69) is 10.6 Å². The number of thiophene rings is 1. The maximum atomic E-state index is 14.2. The Kier molecular flexibility index (Phi) is 9.59. The van der Waals surface area contributed by atoms with Gasteiger partial charge < -0.3 is 20.1 Å². The first kappa shape index (κ1) is 28.2. The molecule has 1 atom stereocenters. The second-order valence-corrected chi connectivity index (χ2v) is 10.6. The molecule has 1 aliphatic rings. The topological polar surface area (TPSA) is 97.0 Å². The Balaban J connectivity index is 1.82. The standard InChI is InChI=1S/C30H35N3O5S/c1-20(34)31-22-14-16-23(17-15-22)33(27(35)19-24-11-8-18-39-24)28(30(36)32-21-9-5-4-6-10-21)25-12-7-13-26(37-2)29(25)38-3/h7-8,11-18,21,28H,4-6,9-10,19H2,1-3H3,(H,31,34)(H,32,36)/t28-/m1/s1. The molecule has 0 aliphatic heterocycles. The predicted octanol–water partition coefficient (Wildman–Crippen LogP) is 5.49. The zero-order valence-corrected chi connectivity index (χ0v) is 23.4. The lowest BCUT2D eigenvalue weighted by atomic mass is 9.94. The van der Waals surface area contributed by atoms with E-state index in [4.69, 9.17) is 9.47 Å². The number of para-hydroxylation sites is 1. The molecule has 1 fully saturated rings. The van der Waals surface area contributed by atoms with Crippen LogP contribution in [0.5, 0.6) is 11.5 Å². The van der Waals surface area contributed by atoms with Crippen molar-refractivity contribution < 1.29 is 23.9 Å². The molecule has 8 nitrogen and oxygen atoms in total. The van der Waals surface area contributed by atoms with Gasteiger partial charge in [-0.2, -0.15) is 0 Å². The third-order valence-electron chi connectivity index (χ3n) is 6.83. The number of rotatable bonds is 10. The quantitative estimate of drug-likeness (QED) is 0.349. The molecular weight excluding hydrogens is 514 g/mol. The number of methoxy groups -OCH3 is 2. The summed E-state index contributed by atoms with van der Waals surface area (Å²) in [6.45, 7) is 1.44. The van der Waals surface area contributed by atoms with E-state index in [1.807, 2.05) is 17.5 Å². The molecule has 3 aromatic rings. The lowest BCUT2D eigenvalue weighted by molar-refractivity contribution is -0.127. The number of carbonyl (C=O) groups excluding carboxylic acids is 3. The van der Waals surface area contributed by atoms with E-state index in [1.54, 1.807) is 49.6 Å². The normalized spacial score (nSPS) is 14.2. The molecule has 2 aromatic carbocycles. The van der Waals surface area contributed by atoms with Crippen molar-refractivity contribution in [1.29, 1.82) is 0 Å². The number of amides is 3. The van der Waals surface area contributed by atoms with E-state index < -0.39 is 6.04 Å². The summed E-state index contributed by atoms with van der Waals surface area (Å²) in [5.41, 5.74) is 1.65. The molecule has 1 saturated carbocycles. The van der Waals surface area contributed by atoms with Crippen molar-refractivity contribution in [3.63, 3.8) is 0 Å². The molecule has 2 N–H and O–H groups in total. The first-order valence-electron chi connectivity index (χ1n) is 13.1. The highest BCUT2D eigenvalue weighted by Gasteiger charge is 2.36. The Morgan fingerprint density at radius 1 is 0.974 bits per heavy atom. The fourth-order valence-corrected chi connectivity index (χ4v) is 5.74. The minimum atomic E-state index is -1.02. The molecule has 0 radical (unpaired) electrons. The smallest absolute Gasteiger partial charge is 0.248 e. The molecule has 0 saturated heterocycles. The molecule has 9 heteroatoms. The van der Waals surface area contributed by atoms with Crippen LogP contribution in [0.1, 0.15) is 55.5 Å². The lowest BCUT2D eigenvalue weighted by Gasteiger charge is -2.34. The summed E-state index contributed by atoms with van der Waals surface area (Å²) < 4.78 is 11.3. The third kappa shape index (κ3) is 6.97. The van der Waals surface area contributed by atoms with Gasteiger partial charge >= 0.3 is 0 Å². The SMILES string of the molecule is COc1cccc([C@H](C(=O)NC2CCCCC2)N(C(=O)Cc2cccs2)c2ccc(NC(C)=O)cc2)c1OC. The Bertz CT molecular complexity index is 1270. The van der Waals surface area contributed by atoms with Crippen LogP contribution in [0.2, 0.25) is 0 Å². The van der Waals surface area contributed by atoms with Gasteiger partial charge in [-0.05, 0) is 54.6 Å². The molecule has 206 valence electrons. The van der Waals surface area contributed by atoms with Crippen LogP contribution in [0.25, 0.3) is 0 Å². The zero-order chi connectivity index (χ0) is 27.8. The highest BCUT2D eigenvalue weighted by Crippen LogP contribution is 2.40. The molecule has 4 rings (SSSR count). The average molecular weight is 550 g/mol. The molecule has 0 unspecified atom stereocenters. The number of nitrogens with zero attached hydrogens (tertiary/aromatic N) is 1. The molecule has 3 amide bonds. The number of benzene rings is 2. The molecule has 1 heterocycles. The van der Waals surface area contributed by atoms with E-state index in [-0.39, 0.29) is 30.2 Å². The Morgan fingerprint density at radius 3 is 2.33 bits per heavy atom. The zero-order valence-electron chi connectivity index (χ0n) is 22.6. The van der Waals surface area contributed by atoms with Gasteiger partial charge in [0.05, 0.1) is 20.6 Å². The van der Waals surface area contributed by atoms with Gasteiger partial charge in [0.25, 0.3) is 0 Å². The van der Waals surface area contributed by atoms with Crippen molar-refractivity contribution in [3.8, 4) is 11.5 Å². The van der Waals surface area contributed by atoms with Crippen molar-refractivity contribution in [2.75, 3.05) is 24.4 Å². The van der Waals surface area contributed by atoms with Gasteiger partial charge in [-0.15, -0.1) is 11.3 Å². The van der Waals surface area contributed by atoms with E-state index >= 15 is 0 Å². The molecule has 0 bridgehead atoms. The van der Waals surface area contributed by atoms with Crippen LogP contribution in [-0.4, -0.2) is 38.0 Å². The largest absolute Gasteiger partial charge is 0.493 e. The van der Waals surface area contributed by atoms with Crippen molar-refractivity contribution in [1.82, 2.24) is 5.32 Å². The summed E-state index contributed by atoms with van der Waals surface area (Å²) >= 11 is 1.49. The summed E-state index contributed by atoms with van der Waals surface area (Å²) in [5, 5.41) is 7.90. The van der Waals surface area contributed by atoms with Gasteiger partial charge in [0, 0.05) is 34.8 Å². The van der Waals surface area contributed by atoms with Gasteiger partial charge in [0.1, 0.15) is 6.04 Å². The van der Waals surface area contributed by atoms with Crippen molar-refractivity contribution in [2.24, 2.45) is 0 Å². The minimum Gasteiger partial charge on any atom is -0.493 e. The summed E-state index contributed by atoms with van der Waals surface area (Å²) in [4.78, 5) is 42.2. The number of ether oxygens (including phenoxy) is 2. The van der Waals surface area contributed by atoms with Crippen LogP contribution < -0.4 is 25.0 Å². The maximum Gasteiger partial charge on any atom is 0.248 e. The second kappa shape index (κ2) is 13.3. The van der Waals surface area contributed by atoms with E-state index in [1.165, 1.54) is 30.3 Å². The summed E-state index contributed by atoms with van der Waals surface area (Å²) in [5.74, 6) is 0.154. The van der Waals surface area contributed by atoms with Crippen LogP contribution in [0.15, 0.2) is 60.0 Å². The number of carbonyl (C=O) groups is 3. The highest BCUT2D eigenvalue weighted by atomic mass is 32.1. The van der Waals surface area contributed by atoms with Gasteiger partial charge in [-0.3, -0.25) is 19.3 Å². The first-order chi connectivity index (χ1) is 18.9. The third-order valence-corrected chi connectivity index (χ3v) is 7.70. The molecular formula is C30H35N3O5S. The Morgan fingerprint density at radius 2 is 1.72 bits per heavy atom. The maximum absolute atomic E-state index is 14.2. The van der Waals surface area contributed by atoms with Crippen molar-refractivity contribution in [3.05, 3.63) is 70.4 Å². The molecule has 1 aromatic heterocycles. The van der Waals surface area contributed by atoms with Crippen molar-refractivity contribution in [2.45, 2.75) is 57.5 Å². The van der Waals surface area contributed by atoms with Gasteiger partial charge in [0.2, 0.25) is 17.7 Å². The monoisotopic (exact) mass is 549 g/mol. The van der Waals surface area contributed by atoms with Gasteiger partial charge in [-0.25, -0.2) is 0 Å². The second-order valence-electron chi connectivity index (χ2n) is 9.58. The Hall–Kier alpha value is -3.85. The van der Waals surface area contributed by atoms with Gasteiger partial charge in [-0.1, -0.05) is 37.5 Å². The van der Waals surface area contributed by atoms with Crippen LogP contribution in [-0.2, 0) is 20.8 Å². The highest BCUT2D eigenvalue weighted by molar-refractivity contribution is 7.10. The Labute approximate surface area is 233 Å². The van der Waals surface area contributed by atoms with E-state index in [0.717, 1.165) is 37.0 Å². The van der Waals surface area contributed by atoms with Crippen LogP contribution in [0, 0.1) is 0 Å². The summed E-state index contributed by atoms with van der Waals surface area (Å²) in [6, 6.07) is 15.1. The predicted molar refractivity (Wildman–Crippen MR) is 154 cm³/mol. The fourth-order valence-electron chi connectivity index (χ4n) is 5.04. The molecule has 39 heavy (non-hydrogen) atoms. The van der Waals surface area contributed by atoms with Crippen LogP contribution in [0.3, 0.4) is 0 Å². The summed E-state index contributed by atoms with van der Waals surface area (Å²) in [6.07, 6.45) is 5.22. The number of hydrogen-bond acceptors (Lipinski definition) is 6. The summed E-state index contributed by atoms with van der Waals surface area (Å²) in [7, 11) is 3.07. The van der Waals surface area contributed by atoms with Gasteiger partial charge in [0.15, 0.2) is 11.5 Å². The fraction of sp³-hybridized carbons (Fsp3) is 0.367.